The quantitative estimate of drug-likeness (QED) is 0.869. The van der Waals surface area contributed by atoms with Gasteiger partial charge in [0.2, 0.25) is 5.95 Å². The van der Waals surface area contributed by atoms with E-state index < -0.39 is 11.7 Å². The average molecular weight is 247 g/mol. The highest BCUT2D eigenvalue weighted by Crippen LogP contribution is 2.28. The van der Waals surface area contributed by atoms with Crippen molar-refractivity contribution in [1.82, 2.24) is 9.97 Å². The summed E-state index contributed by atoms with van der Waals surface area (Å²) < 4.78 is 42.0. The van der Waals surface area contributed by atoms with Gasteiger partial charge in [0.15, 0.2) is 0 Å². The smallest absolute Gasteiger partial charge is 0.381 e. The van der Waals surface area contributed by atoms with Crippen molar-refractivity contribution < 1.29 is 17.9 Å². The molecule has 1 aromatic rings. The van der Waals surface area contributed by atoms with Crippen LogP contribution in [0.3, 0.4) is 0 Å². The van der Waals surface area contributed by atoms with Crippen molar-refractivity contribution in [3.8, 4) is 0 Å². The molecular formula is C10H12F3N3O. The molecule has 0 amide bonds. The molecule has 0 spiro atoms. The van der Waals surface area contributed by atoms with Crippen LogP contribution in [0.4, 0.5) is 19.1 Å². The molecule has 2 heterocycles. The fraction of sp³-hybridized carbons (Fsp3) is 0.600. The van der Waals surface area contributed by atoms with Crippen LogP contribution in [-0.2, 0) is 10.9 Å². The zero-order valence-corrected chi connectivity index (χ0v) is 9.00. The fourth-order valence-corrected chi connectivity index (χ4v) is 1.57. The summed E-state index contributed by atoms with van der Waals surface area (Å²) in [6.07, 6.45) is -1.20. The van der Waals surface area contributed by atoms with Crippen molar-refractivity contribution >= 4 is 5.95 Å². The van der Waals surface area contributed by atoms with Crippen LogP contribution in [0.25, 0.3) is 0 Å². The molecule has 17 heavy (non-hydrogen) atoms. The number of halogens is 3. The van der Waals surface area contributed by atoms with Crippen molar-refractivity contribution in [2.24, 2.45) is 0 Å². The third-order valence-electron chi connectivity index (χ3n) is 2.53. The molecule has 2 rings (SSSR count). The van der Waals surface area contributed by atoms with E-state index in [9.17, 15) is 13.2 Å². The highest BCUT2D eigenvalue weighted by atomic mass is 19.4. The molecule has 0 unspecified atom stereocenters. The summed E-state index contributed by atoms with van der Waals surface area (Å²) in [5.41, 5.74) is -0.838. The molecule has 0 aromatic carbocycles. The fourth-order valence-electron chi connectivity index (χ4n) is 1.57. The van der Waals surface area contributed by atoms with Gasteiger partial charge in [0.05, 0.1) is 5.56 Å². The number of anilines is 1. The first kappa shape index (κ1) is 12.1. The molecule has 1 saturated heterocycles. The second-order valence-electron chi connectivity index (χ2n) is 3.82. The Balaban J connectivity index is 1.98. The van der Waals surface area contributed by atoms with E-state index in [4.69, 9.17) is 4.74 Å². The summed E-state index contributed by atoms with van der Waals surface area (Å²) in [6.45, 7) is 1.30. The van der Waals surface area contributed by atoms with E-state index in [1.54, 1.807) is 0 Å². The van der Waals surface area contributed by atoms with Crippen LogP contribution < -0.4 is 5.32 Å². The number of alkyl halides is 3. The highest BCUT2D eigenvalue weighted by Gasteiger charge is 2.31. The summed E-state index contributed by atoms with van der Waals surface area (Å²) in [4.78, 5) is 7.31. The van der Waals surface area contributed by atoms with Gasteiger partial charge in [-0.1, -0.05) is 0 Å². The van der Waals surface area contributed by atoms with Crippen molar-refractivity contribution in [2.75, 3.05) is 18.5 Å². The molecule has 0 atom stereocenters. The number of hydrogen-bond donors (Lipinski definition) is 1. The Morgan fingerprint density at radius 1 is 1.18 bits per heavy atom. The Kier molecular flexibility index (Phi) is 3.46. The Hall–Kier alpha value is -1.37. The van der Waals surface area contributed by atoms with Gasteiger partial charge in [0.25, 0.3) is 0 Å². The van der Waals surface area contributed by atoms with Gasteiger partial charge >= 0.3 is 6.18 Å². The summed E-state index contributed by atoms with van der Waals surface area (Å²) in [7, 11) is 0. The van der Waals surface area contributed by atoms with E-state index in [0.29, 0.717) is 13.2 Å². The second kappa shape index (κ2) is 4.87. The van der Waals surface area contributed by atoms with Crippen LogP contribution in [0.2, 0.25) is 0 Å². The first-order valence-corrected chi connectivity index (χ1v) is 5.29. The number of ether oxygens (including phenoxy) is 1. The molecule has 94 valence electrons. The predicted octanol–water partition coefficient (Wildman–Crippen LogP) is 2.09. The maximum absolute atomic E-state index is 12.3. The standard InChI is InChI=1S/C10H12F3N3O/c11-10(12,13)7-5-14-9(15-6-7)16-8-1-3-17-4-2-8/h5-6,8H,1-4H2,(H,14,15,16). The lowest BCUT2D eigenvalue weighted by Gasteiger charge is -2.22. The predicted molar refractivity (Wildman–Crippen MR) is 54.5 cm³/mol. The number of nitrogens with zero attached hydrogens (tertiary/aromatic N) is 2. The summed E-state index contributed by atoms with van der Waals surface area (Å²) in [5.74, 6) is 0.227. The third kappa shape index (κ3) is 3.29. The van der Waals surface area contributed by atoms with Crippen LogP contribution >= 0.6 is 0 Å². The SMILES string of the molecule is FC(F)(F)c1cnc(NC2CCOCC2)nc1. The Labute approximate surface area is 96.2 Å². The van der Waals surface area contributed by atoms with Crippen molar-refractivity contribution in [3.05, 3.63) is 18.0 Å². The zero-order chi connectivity index (χ0) is 12.3. The average Bonchev–Trinajstić information content (AvgIpc) is 2.30. The minimum absolute atomic E-state index is 0.167. The van der Waals surface area contributed by atoms with E-state index >= 15 is 0 Å². The number of nitrogens with one attached hydrogen (secondary N) is 1. The van der Waals surface area contributed by atoms with Crippen LogP contribution in [0.1, 0.15) is 18.4 Å². The molecule has 0 bridgehead atoms. The molecule has 7 heteroatoms. The molecule has 1 aromatic heterocycles. The maximum Gasteiger partial charge on any atom is 0.419 e. The Morgan fingerprint density at radius 2 is 1.76 bits per heavy atom. The highest BCUT2D eigenvalue weighted by molar-refractivity contribution is 5.27. The second-order valence-corrected chi connectivity index (χ2v) is 3.82. The van der Waals surface area contributed by atoms with Crippen LogP contribution in [0.15, 0.2) is 12.4 Å². The van der Waals surface area contributed by atoms with Gasteiger partial charge in [-0.3, -0.25) is 0 Å². The van der Waals surface area contributed by atoms with Gasteiger partial charge in [-0.05, 0) is 12.8 Å². The topological polar surface area (TPSA) is 47.0 Å². The number of hydrogen-bond acceptors (Lipinski definition) is 4. The van der Waals surface area contributed by atoms with Crippen LogP contribution in [0, 0.1) is 0 Å². The van der Waals surface area contributed by atoms with Crippen molar-refractivity contribution in [3.63, 3.8) is 0 Å². The van der Waals surface area contributed by atoms with E-state index in [-0.39, 0.29) is 12.0 Å². The van der Waals surface area contributed by atoms with Crippen LogP contribution in [0.5, 0.6) is 0 Å². The largest absolute Gasteiger partial charge is 0.419 e. The molecule has 1 N–H and O–H groups in total. The van der Waals surface area contributed by atoms with Gasteiger partial charge in [-0.25, -0.2) is 9.97 Å². The van der Waals surface area contributed by atoms with E-state index in [1.807, 2.05) is 0 Å². The van der Waals surface area contributed by atoms with Gasteiger partial charge in [-0.2, -0.15) is 13.2 Å². The molecule has 1 aliphatic heterocycles. The summed E-state index contributed by atoms with van der Waals surface area (Å²) >= 11 is 0. The Morgan fingerprint density at radius 3 is 2.29 bits per heavy atom. The summed E-state index contributed by atoms with van der Waals surface area (Å²) in [6, 6.07) is 0.167. The van der Waals surface area contributed by atoms with E-state index in [0.717, 1.165) is 25.2 Å². The first-order valence-electron chi connectivity index (χ1n) is 5.29. The van der Waals surface area contributed by atoms with E-state index in [1.165, 1.54) is 0 Å². The molecule has 0 radical (unpaired) electrons. The molecule has 0 aliphatic carbocycles. The maximum atomic E-state index is 12.3. The lowest BCUT2D eigenvalue weighted by Crippen LogP contribution is -2.28. The minimum Gasteiger partial charge on any atom is -0.381 e. The van der Waals surface area contributed by atoms with Gasteiger partial charge in [-0.15, -0.1) is 0 Å². The van der Waals surface area contributed by atoms with Crippen molar-refractivity contribution in [2.45, 2.75) is 25.1 Å². The van der Waals surface area contributed by atoms with Crippen LogP contribution in [-0.4, -0.2) is 29.2 Å². The van der Waals surface area contributed by atoms with Gasteiger partial charge in [0.1, 0.15) is 0 Å². The minimum atomic E-state index is -4.39. The normalized spacial score (nSPS) is 18.1. The van der Waals surface area contributed by atoms with Gasteiger partial charge < -0.3 is 10.1 Å². The third-order valence-corrected chi connectivity index (χ3v) is 2.53. The van der Waals surface area contributed by atoms with Crippen molar-refractivity contribution in [1.29, 1.82) is 0 Å². The monoisotopic (exact) mass is 247 g/mol. The van der Waals surface area contributed by atoms with Gasteiger partial charge in [0, 0.05) is 31.6 Å². The molecule has 1 aliphatic rings. The molecular weight excluding hydrogens is 235 g/mol. The summed E-state index contributed by atoms with van der Waals surface area (Å²) in [5, 5.41) is 2.99. The number of rotatable bonds is 2. The molecule has 4 nitrogen and oxygen atoms in total. The van der Waals surface area contributed by atoms with E-state index in [2.05, 4.69) is 15.3 Å². The molecule has 1 fully saturated rings. The lowest BCUT2D eigenvalue weighted by molar-refractivity contribution is -0.138. The first-order chi connectivity index (χ1) is 8.05. The molecule has 0 saturated carbocycles. The zero-order valence-electron chi connectivity index (χ0n) is 9.00. The Bertz CT molecular complexity index is 360. The number of aromatic nitrogens is 2. The lowest BCUT2D eigenvalue weighted by atomic mass is 10.1.